The second kappa shape index (κ2) is 7.91. The standard InChI is InChI=1S/C20H28N2O3S/c1-13(2)21(19(24)15-9-10-15)11-12-22-18(23)14(3)26-20(22)16-7-5-6-8-17(16)25-4/h5-8,13-15,20H,9-12H2,1-4H3/t14-,20-/m1/s1. The van der Waals surface area contributed by atoms with Crippen LogP contribution in [-0.4, -0.2) is 53.1 Å². The number of carbonyl (C=O) groups is 2. The summed E-state index contributed by atoms with van der Waals surface area (Å²) in [5.74, 6) is 1.37. The summed E-state index contributed by atoms with van der Waals surface area (Å²) >= 11 is 1.64. The Morgan fingerprint density at radius 1 is 1.35 bits per heavy atom. The Bertz CT molecular complexity index is 675. The van der Waals surface area contributed by atoms with Gasteiger partial charge in [-0.2, -0.15) is 0 Å². The second-order valence-corrected chi connectivity index (χ2v) is 8.73. The van der Waals surface area contributed by atoms with Crippen molar-refractivity contribution < 1.29 is 14.3 Å². The van der Waals surface area contributed by atoms with E-state index in [4.69, 9.17) is 4.74 Å². The average molecular weight is 377 g/mol. The zero-order chi connectivity index (χ0) is 18.8. The Morgan fingerprint density at radius 2 is 2.04 bits per heavy atom. The molecule has 2 aliphatic rings. The molecule has 0 N–H and O–H groups in total. The summed E-state index contributed by atoms with van der Waals surface area (Å²) in [7, 11) is 1.66. The predicted octanol–water partition coefficient (Wildman–Crippen LogP) is 3.30. The summed E-state index contributed by atoms with van der Waals surface area (Å²) in [6.07, 6.45) is 2.00. The Hall–Kier alpha value is -1.69. The van der Waals surface area contributed by atoms with Crippen molar-refractivity contribution in [3.63, 3.8) is 0 Å². The van der Waals surface area contributed by atoms with E-state index >= 15 is 0 Å². The highest BCUT2D eigenvalue weighted by atomic mass is 32.2. The third kappa shape index (κ3) is 3.85. The van der Waals surface area contributed by atoms with Gasteiger partial charge in [0.1, 0.15) is 11.1 Å². The number of hydrogen-bond acceptors (Lipinski definition) is 4. The van der Waals surface area contributed by atoms with Crippen molar-refractivity contribution in [2.75, 3.05) is 20.2 Å². The lowest BCUT2D eigenvalue weighted by Gasteiger charge is -2.31. The fraction of sp³-hybridized carbons (Fsp3) is 0.600. The molecule has 5 nitrogen and oxygen atoms in total. The lowest BCUT2D eigenvalue weighted by Crippen LogP contribution is -2.44. The van der Waals surface area contributed by atoms with E-state index in [1.165, 1.54) is 0 Å². The van der Waals surface area contributed by atoms with Crippen LogP contribution in [-0.2, 0) is 9.59 Å². The first-order valence-electron chi connectivity index (χ1n) is 9.33. The van der Waals surface area contributed by atoms with E-state index < -0.39 is 0 Å². The summed E-state index contributed by atoms with van der Waals surface area (Å²) in [5, 5.41) is -0.157. The number of nitrogens with zero attached hydrogens (tertiary/aromatic N) is 2. The largest absolute Gasteiger partial charge is 0.496 e. The Balaban J connectivity index is 1.77. The molecule has 3 rings (SSSR count). The van der Waals surface area contributed by atoms with E-state index in [1.54, 1.807) is 18.9 Å². The fourth-order valence-electron chi connectivity index (χ4n) is 3.42. The van der Waals surface area contributed by atoms with E-state index in [2.05, 4.69) is 0 Å². The number of rotatable bonds is 7. The zero-order valence-electron chi connectivity index (χ0n) is 16.0. The van der Waals surface area contributed by atoms with Crippen molar-refractivity contribution in [3.8, 4) is 5.75 Å². The summed E-state index contributed by atoms with van der Waals surface area (Å²) in [5.41, 5.74) is 1.02. The molecule has 1 saturated heterocycles. The van der Waals surface area contributed by atoms with E-state index in [1.807, 2.05) is 54.8 Å². The molecule has 0 bridgehead atoms. The highest BCUT2D eigenvalue weighted by Crippen LogP contribution is 2.45. The van der Waals surface area contributed by atoms with Gasteiger partial charge in [0.15, 0.2) is 0 Å². The van der Waals surface area contributed by atoms with E-state index in [0.29, 0.717) is 13.1 Å². The van der Waals surface area contributed by atoms with Crippen molar-refractivity contribution >= 4 is 23.6 Å². The SMILES string of the molecule is COc1ccccc1[C@H]1S[C@H](C)C(=O)N1CCN(C(=O)C1CC1)C(C)C. The first-order chi connectivity index (χ1) is 12.4. The fourth-order valence-corrected chi connectivity index (χ4v) is 4.75. The molecule has 1 heterocycles. The Morgan fingerprint density at radius 3 is 2.65 bits per heavy atom. The monoisotopic (exact) mass is 376 g/mol. The van der Waals surface area contributed by atoms with E-state index in [-0.39, 0.29) is 34.4 Å². The van der Waals surface area contributed by atoms with Crippen LogP contribution in [0.1, 0.15) is 44.6 Å². The number of para-hydroxylation sites is 1. The number of hydrogen-bond donors (Lipinski definition) is 0. The molecule has 142 valence electrons. The minimum Gasteiger partial charge on any atom is -0.496 e. The molecular formula is C20H28N2O3S. The van der Waals surface area contributed by atoms with Gasteiger partial charge in [0.2, 0.25) is 11.8 Å². The molecule has 2 fully saturated rings. The molecule has 0 spiro atoms. The van der Waals surface area contributed by atoms with Crippen molar-refractivity contribution in [3.05, 3.63) is 29.8 Å². The minimum atomic E-state index is -0.0865. The van der Waals surface area contributed by atoms with Crippen LogP contribution in [0, 0.1) is 5.92 Å². The van der Waals surface area contributed by atoms with Crippen LogP contribution in [0.4, 0.5) is 0 Å². The first-order valence-corrected chi connectivity index (χ1v) is 10.3. The van der Waals surface area contributed by atoms with Gasteiger partial charge in [-0.05, 0) is 39.7 Å². The molecule has 0 radical (unpaired) electrons. The van der Waals surface area contributed by atoms with Gasteiger partial charge >= 0.3 is 0 Å². The summed E-state index contributed by atoms with van der Waals surface area (Å²) in [6, 6.07) is 8.01. The first kappa shape index (κ1) is 19.1. The van der Waals surface area contributed by atoms with Crippen LogP contribution in [0.5, 0.6) is 5.75 Å². The summed E-state index contributed by atoms with van der Waals surface area (Å²) in [4.78, 5) is 29.1. The summed E-state index contributed by atoms with van der Waals surface area (Å²) in [6.45, 7) is 7.17. The molecule has 0 unspecified atom stereocenters. The topological polar surface area (TPSA) is 49.9 Å². The van der Waals surface area contributed by atoms with Gasteiger partial charge in [0.05, 0.1) is 12.4 Å². The number of benzene rings is 1. The van der Waals surface area contributed by atoms with Crippen molar-refractivity contribution in [1.29, 1.82) is 0 Å². The van der Waals surface area contributed by atoms with Crippen molar-refractivity contribution in [2.24, 2.45) is 5.92 Å². The molecule has 2 amide bonds. The lowest BCUT2D eigenvalue weighted by atomic mass is 10.1. The number of methoxy groups -OCH3 is 1. The third-order valence-corrected chi connectivity index (χ3v) is 6.44. The highest BCUT2D eigenvalue weighted by molar-refractivity contribution is 8.01. The van der Waals surface area contributed by atoms with Gasteiger partial charge in [0, 0.05) is 30.6 Å². The van der Waals surface area contributed by atoms with Crippen LogP contribution >= 0.6 is 11.8 Å². The third-order valence-electron chi connectivity index (χ3n) is 5.07. The Labute approximate surface area is 160 Å². The minimum absolute atomic E-state index is 0.0707. The Kier molecular flexibility index (Phi) is 5.80. The van der Waals surface area contributed by atoms with Gasteiger partial charge in [-0.25, -0.2) is 0 Å². The van der Waals surface area contributed by atoms with Crippen LogP contribution in [0.2, 0.25) is 0 Å². The summed E-state index contributed by atoms with van der Waals surface area (Å²) < 4.78 is 5.50. The molecule has 6 heteroatoms. The van der Waals surface area contributed by atoms with Crippen LogP contribution < -0.4 is 4.74 Å². The highest BCUT2D eigenvalue weighted by Gasteiger charge is 2.40. The normalized spacial score (nSPS) is 22.8. The van der Waals surface area contributed by atoms with E-state index in [0.717, 1.165) is 24.2 Å². The molecule has 26 heavy (non-hydrogen) atoms. The number of amides is 2. The van der Waals surface area contributed by atoms with Crippen LogP contribution in [0.3, 0.4) is 0 Å². The van der Waals surface area contributed by atoms with Gasteiger partial charge in [0.25, 0.3) is 0 Å². The maximum Gasteiger partial charge on any atom is 0.236 e. The molecule has 1 aromatic carbocycles. The zero-order valence-corrected chi connectivity index (χ0v) is 16.8. The maximum atomic E-state index is 12.7. The van der Waals surface area contributed by atoms with Gasteiger partial charge < -0.3 is 14.5 Å². The van der Waals surface area contributed by atoms with Crippen molar-refractivity contribution in [2.45, 2.75) is 50.3 Å². The average Bonchev–Trinajstić information content (AvgIpc) is 3.43. The molecule has 1 aliphatic carbocycles. The van der Waals surface area contributed by atoms with Gasteiger partial charge in [-0.1, -0.05) is 18.2 Å². The molecule has 2 atom stereocenters. The van der Waals surface area contributed by atoms with Gasteiger partial charge in [-0.15, -0.1) is 11.8 Å². The van der Waals surface area contributed by atoms with Crippen LogP contribution in [0.15, 0.2) is 24.3 Å². The molecule has 1 aliphatic heterocycles. The maximum absolute atomic E-state index is 12.7. The number of thioether (sulfide) groups is 1. The van der Waals surface area contributed by atoms with Gasteiger partial charge in [-0.3, -0.25) is 9.59 Å². The number of carbonyl (C=O) groups excluding carboxylic acids is 2. The quantitative estimate of drug-likeness (QED) is 0.733. The lowest BCUT2D eigenvalue weighted by molar-refractivity contribution is -0.136. The van der Waals surface area contributed by atoms with Crippen LogP contribution in [0.25, 0.3) is 0 Å². The predicted molar refractivity (Wildman–Crippen MR) is 104 cm³/mol. The van der Waals surface area contributed by atoms with Crippen molar-refractivity contribution in [1.82, 2.24) is 9.80 Å². The second-order valence-electron chi connectivity index (χ2n) is 7.30. The smallest absolute Gasteiger partial charge is 0.236 e. The molecular weight excluding hydrogens is 348 g/mol. The molecule has 1 saturated carbocycles. The molecule has 1 aromatic rings. The van der Waals surface area contributed by atoms with E-state index in [9.17, 15) is 9.59 Å². The number of ether oxygens (including phenoxy) is 1. The molecule has 0 aromatic heterocycles.